The van der Waals surface area contributed by atoms with Gasteiger partial charge in [0.2, 0.25) is 0 Å². The fourth-order valence-electron chi connectivity index (χ4n) is 2.27. The molecule has 0 atom stereocenters. The van der Waals surface area contributed by atoms with Gasteiger partial charge in [-0.1, -0.05) is 17.8 Å². The van der Waals surface area contributed by atoms with Crippen molar-refractivity contribution in [1.82, 2.24) is 10.2 Å². The van der Waals surface area contributed by atoms with Gasteiger partial charge in [-0.2, -0.15) is 0 Å². The van der Waals surface area contributed by atoms with Crippen molar-refractivity contribution in [2.75, 3.05) is 6.79 Å². The molecule has 0 N–H and O–H groups in total. The van der Waals surface area contributed by atoms with Gasteiger partial charge >= 0.3 is 0 Å². The topological polar surface area (TPSA) is 57.4 Å². The van der Waals surface area contributed by atoms with Crippen molar-refractivity contribution in [3.8, 4) is 16.5 Å². The quantitative estimate of drug-likeness (QED) is 0.661. The van der Waals surface area contributed by atoms with Gasteiger partial charge < -0.3 is 13.9 Å². The van der Waals surface area contributed by atoms with E-state index in [0.29, 0.717) is 29.2 Å². The molecule has 0 radical (unpaired) electrons. The first-order valence-electron chi connectivity index (χ1n) is 6.81. The van der Waals surface area contributed by atoms with Crippen LogP contribution in [0.2, 0.25) is 0 Å². The van der Waals surface area contributed by atoms with Gasteiger partial charge in [-0.25, -0.2) is 4.39 Å². The summed E-state index contributed by atoms with van der Waals surface area (Å²) in [6.07, 6.45) is 0. The van der Waals surface area contributed by atoms with Crippen LogP contribution in [0, 0.1) is 5.82 Å². The zero-order valence-electron chi connectivity index (χ0n) is 11.8. The Hall–Kier alpha value is -1.90. The fraction of sp³-hybridized carbons (Fsp3) is 0.200. The summed E-state index contributed by atoms with van der Waals surface area (Å²) >= 11 is 2.89. The Labute approximate surface area is 139 Å². The first-order valence-corrected chi connectivity index (χ1v) is 8.68. The number of benzene rings is 1. The van der Waals surface area contributed by atoms with Crippen molar-refractivity contribution in [2.45, 2.75) is 17.6 Å². The molecule has 23 heavy (non-hydrogen) atoms. The number of hydrogen-bond donors (Lipinski definition) is 0. The predicted molar refractivity (Wildman–Crippen MR) is 83.9 cm³/mol. The Morgan fingerprint density at radius 2 is 2.26 bits per heavy atom. The summed E-state index contributed by atoms with van der Waals surface area (Å²) in [6.45, 7) is 0.535. The monoisotopic (exact) mass is 350 g/mol. The van der Waals surface area contributed by atoms with Crippen LogP contribution in [0.4, 0.5) is 4.39 Å². The molecule has 0 saturated heterocycles. The first-order chi connectivity index (χ1) is 11.3. The molecular formula is C15H11FN2O3S2. The molecular weight excluding hydrogens is 339 g/mol. The summed E-state index contributed by atoms with van der Waals surface area (Å²) in [4.78, 5) is 0.924. The molecule has 0 unspecified atom stereocenters. The minimum atomic E-state index is -0.307. The highest BCUT2D eigenvalue weighted by atomic mass is 32.2. The number of rotatable bonds is 4. The largest absolute Gasteiger partial charge is 0.467 e. The van der Waals surface area contributed by atoms with E-state index in [1.807, 2.05) is 17.5 Å². The van der Waals surface area contributed by atoms with Crippen molar-refractivity contribution < 1.29 is 18.3 Å². The Kier molecular flexibility index (Phi) is 4.02. The molecule has 1 aliphatic heterocycles. The average molecular weight is 350 g/mol. The van der Waals surface area contributed by atoms with Crippen molar-refractivity contribution >= 4 is 23.1 Å². The maximum atomic E-state index is 13.7. The van der Waals surface area contributed by atoms with E-state index in [4.69, 9.17) is 13.9 Å². The molecule has 3 heterocycles. The van der Waals surface area contributed by atoms with Gasteiger partial charge in [0.25, 0.3) is 11.1 Å². The summed E-state index contributed by atoms with van der Waals surface area (Å²) in [5.74, 6) is 1.35. The molecule has 1 aliphatic rings. The van der Waals surface area contributed by atoms with E-state index in [2.05, 4.69) is 10.2 Å². The van der Waals surface area contributed by atoms with Gasteiger partial charge in [0.05, 0.1) is 11.5 Å². The number of aromatic nitrogens is 2. The van der Waals surface area contributed by atoms with Gasteiger partial charge in [-0.3, -0.25) is 0 Å². The van der Waals surface area contributed by atoms with E-state index in [0.717, 1.165) is 16.0 Å². The van der Waals surface area contributed by atoms with Crippen molar-refractivity contribution in [3.63, 3.8) is 0 Å². The highest BCUT2D eigenvalue weighted by molar-refractivity contribution is 7.98. The SMILES string of the molecule is Fc1cc2c(c(CSc3nnc(-c4cccs4)o3)c1)OCOC2. The number of nitrogens with zero attached hydrogens (tertiary/aromatic N) is 2. The van der Waals surface area contributed by atoms with Crippen molar-refractivity contribution in [3.05, 3.63) is 46.6 Å². The molecule has 118 valence electrons. The summed E-state index contributed by atoms with van der Waals surface area (Å²) in [7, 11) is 0. The summed E-state index contributed by atoms with van der Waals surface area (Å²) in [5.41, 5.74) is 1.47. The fourth-order valence-corrected chi connectivity index (χ4v) is 3.65. The number of hydrogen-bond acceptors (Lipinski definition) is 7. The standard InChI is InChI=1S/C15H11FN2O3S2/c16-11-4-9-6-19-8-20-13(9)10(5-11)7-23-15-18-17-14(21-15)12-2-1-3-22-12/h1-5H,6-8H2. The molecule has 4 rings (SSSR count). The van der Waals surface area contributed by atoms with Gasteiger partial charge in [-0.05, 0) is 23.6 Å². The number of thioether (sulfide) groups is 1. The minimum absolute atomic E-state index is 0.180. The van der Waals surface area contributed by atoms with Crippen LogP contribution in [-0.2, 0) is 17.1 Å². The van der Waals surface area contributed by atoms with Crippen molar-refractivity contribution in [1.29, 1.82) is 0 Å². The minimum Gasteiger partial charge on any atom is -0.467 e. The van der Waals surface area contributed by atoms with E-state index < -0.39 is 0 Å². The van der Waals surface area contributed by atoms with Crippen LogP contribution in [0.3, 0.4) is 0 Å². The first kappa shape index (κ1) is 14.7. The van der Waals surface area contributed by atoms with E-state index in [-0.39, 0.29) is 12.6 Å². The van der Waals surface area contributed by atoms with Crippen LogP contribution in [0.15, 0.2) is 39.3 Å². The average Bonchev–Trinajstić information content (AvgIpc) is 3.23. The maximum absolute atomic E-state index is 13.7. The molecule has 0 fully saturated rings. The van der Waals surface area contributed by atoms with E-state index >= 15 is 0 Å². The molecule has 2 aromatic heterocycles. The second-order valence-electron chi connectivity index (χ2n) is 4.80. The lowest BCUT2D eigenvalue weighted by molar-refractivity contribution is -0.0171. The summed E-state index contributed by atoms with van der Waals surface area (Å²) in [5, 5.41) is 10.4. The summed E-state index contributed by atoms with van der Waals surface area (Å²) in [6, 6.07) is 6.75. The van der Waals surface area contributed by atoms with Crippen LogP contribution in [0.25, 0.3) is 10.8 Å². The predicted octanol–water partition coefficient (Wildman–Crippen LogP) is 4.10. The number of thiophene rings is 1. The molecule has 0 aliphatic carbocycles. The maximum Gasteiger partial charge on any atom is 0.277 e. The summed E-state index contributed by atoms with van der Waals surface area (Å²) < 4.78 is 30.0. The molecule has 0 bridgehead atoms. The third-order valence-electron chi connectivity index (χ3n) is 3.24. The lowest BCUT2D eigenvalue weighted by atomic mass is 10.1. The Morgan fingerprint density at radius 3 is 3.13 bits per heavy atom. The van der Waals surface area contributed by atoms with Gasteiger partial charge in [0.15, 0.2) is 6.79 Å². The van der Waals surface area contributed by atoms with Crippen LogP contribution in [0.1, 0.15) is 11.1 Å². The number of halogens is 1. The second kappa shape index (κ2) is 6.31. The van der Waals surface area contributed by atoms with Crippen molar-refractivity contribution in [2.24, 2.45) is 0 Å². The van der Waals surface area contributed by atoms with E-state index in [9.17, 15) is 4.39 Å². The highest BCUT2D eigenvalue weighted by Gasteiger charge is 2.18. The second-order valence-corrected chi connectivity index (χ2v) is 6.68. The molecule has 0 spiro atoms. The molecule has 1 aromatic carbocycles. The zero-order chi connectivity index (χ0) is 15.6. The Bertz CT molecular complexity index is 820. The molecule has 0 amide bonds. The Morgan fingerprint density at radius 1 is 1.30 bits per heavy atom. The molecule has 5 nitrogen and oxygen atoms in total. The Balaban J connectivity index is 1.52. The smallest absolute Gasteiger partial charge is 0.277 e. The third kappa shape index (κ3) is 3.10. The van der Waals surface area contributed by atoms with Gasteiger partial charge in [0.1, 0.15) is 11.6 Å². The lowest BCUT2D eigenvalue weighted by Crippen LogP contribution is -2.13. The van der Waals surface area contributed by atoms with E-state index in [1.54, 1.807) is 0 Å². The number of ether oxygens (including phenoxy) is 2. The number of fused-ring (bicyclic) bond motifs is 1. The zero-order valence-corrected chi connectivity index (χ0v) is 13.5. The van der Waals surface area contributed by atoms with Crippen LogP contribution in [-0.4, -0.2) is 17.0 Å². The molecule has 3 aromatic rings. The van der Waals surface area contributed by atoms with Gasteiger partial charge in [0, 0.05) is 16.9 Å². The lowest BCUT2D eigenvalue weighted by Gasteiger charge is -2.20. The molecule has 8 heteroatoms. The third-order valence-corrected chi connectivity index (χ3v) is 4.97. The van der Waals surface area contributed by atoms with Crippen LogP contribution in [0.5, 0.6) is 5.75 Å². The highest BCUT2D eigenvalue weighted by Crippen LogP contribution is 2.34. The molecule has 0 saturated carbocycles. The van der Waals surface area contributed by atoms with Crippen LogP contribution >= 0.6 is 23.1 Å². The van der Waals surface area contributed by atoms with E-state index in [1.165, 1.54) is 35.2 Å². The van der Waals surface area contributed by atoms with Gasteiger partial charge in [-0.15, -0.1) is 21.5 Å². The normalized spacial score (nSPS) is 13.6. The van der Waals surface area contributed by atoms with Crippen LogP contribution < -0.4 is 4.74 Å².